The van der Waals surface area contributed by atoms with Crippen LogP contribution in [0.4, 0.5) is 4.79 Å². The summed E-state index contributed by atoms with van der Waals surface area (Å²) >= 11 is 0. The fourth-order valence-electron chi connectivity index (χ4n) is 3.81. The van der Waals surface area contributed by atoms with Crippen molar-refractivity contribution in [2.24, 2.45) is 0 Å². The van der Waals surface area contributed by atoms with Crippen LogP contribution in [0.1, 0.15) is 36.4 Å². The lowest BCUT2D eigenvalue weighted by molar-refractivity contribution is 0.114. The van der Waals surface area contributed by atoms with Crippen LogP contribution >= 0.6 is 0 Å². The molecule has 1 aliphatic carbocycles. The van der Waals surface area contributed by atoms with Crippen LogP contribution in [0.15, 0.2) is 24.3 Å². The molecule has 3 rings (SSSR count). The Morgan fingerprint density at radius 3 is 2.92 bits per heavy atom. The normalized spacial score (nSPS) is 25.6. The maximum Gasteiger partial charge on any atom is 0.315 e. The maximum absolute atomic E-state index is 12.4. The third-order valence-corrected chi connectivity index (χ3v) is 5.40. The first-order chi connectivity index (χ1) is 11.6. The van der Waals surface area contributed by atoms with Crippen LogP contribution in [0.3, 0.4) is 0 Å². The van der Waals surface area contributed by atoms with Crippen LogP contribution in [-0.4, -0.2) is 62.1 Å². The number of aryl methyl sites for hydroxylation is 1. The Morgan fingerprint density at radius 2 is 2.04 bits per heavy atom. The number of nitrogens with one attached hydrogen (secondary N) is 2. The molecule has 1 saturated heterocycles. The Labute approximate surface area is 145 Å². The maximum atomic E-state index is 12.4. The number of benzene rings is 1. The molecule has 0 saturated carbocycles. The molecule has 1 aromatic carbocycles. The fraction of sp³-hybridized carbons (Fsp3) is 0.632. The molecule has 5 nitrogen and oxygen atoms in total. The highest BCUT2D eigenvalue weighted by Gasteiger charge is 2.24. The summed E-state index contributed by atoms with van der Waals surface area (Å²) in [7, 11) is 4.28. The summed E-state index contributed by atoms with van der Waals surface area (Å²) in [4.78, 5) is 17.1. The first kappa shape index (κ1) is 17.2. The van der Waals surface area contributed by atoms with E-state index < -0.39 is 0 Å². The van der Waals surface area contributed by atoms with E-state index in [1.807, 2.05) is 0 Å². The van der Waals surface area contributed by atoms with E-state index in [9.17, 15) is 4.79 Å². The van der Waals surface area contributed by atoms with E-state index in [1.165, 1.54) is 17.5 Å². The van der Waals surface area contributed by atoms with Crippen molar-refractivity contribution in [2.45, 2.75) is 37.8 Å². The number of hydrogen-bond acceptors (Lipinski definition) is 3. The summed E-state index contributed by atoms with van der Waals surface area (Å²) < 4.78 is 0. The molecule has 24 heavy (non-hydrogen) atoms. The van der Waals surface area contributed by atoms with Crippen LogP contribution in [0.25, 0.3) is 0 Å². The largest absolute Gasteiger partial charge is 0.337 e. The molecule has 0 radical (unpaired) electrons. The van der Waals surface area contributed by atoms with Gasteiger partial charge in [0.05, 0.1) is 6.04 Å². The summed E-state index contributed by atoms with van der Waals surface area (Å²) in [6.45, 7) is 3.85. The minimum Gasteiger partial charge on any atom is -0.337 e. The molecule has 2 unspecified atom stereocenters. The highest BCUT2D eigenvalue weighted by atomic mass is 16.2. The Balaban J connectivity index is 1.55. The van der Waals surface area contributed by atoms with Crippen LogP contribution in [0.5, 0.6) is 0 Å². The number of rotatable bonds is 3. The van der Waals surface area contributed by atoms with Gasteiger partial charge in [-0.3, -0.25) is 4.90 Å². The molecular formula is C19H30N4O. The van der Waals surface area contributed by atoms with Gasteiger partial charge in [-0.25, -0.2) is 4.79 Å². The van der Waals surface area contributed by atoms with Gasteiger partial charge in [-0.2, -0.15) is 0 Å². The number of carbonyl (C=O) groups excluding carboxylic acids is 1. The van der Waals surface area contributed by atoms with E-state index in [1.54, 1.807) is 0 Å². The second-order valence-corrected chi connectivity index (χ2v) is 7.25. The first-order valence-corrected chi connectivity index (χ1v) is 9.14. The summed E-state index contributed by atoms with van der Waals surface area (Å²) in [5.74, 6) is 0. The van der Waals surface area contributed by atoms with E-state index in [4.69, 9.17) is 0 Å². The molecular weight excluding hydrogens is 300 g/mol. The van der Waals surface area contributed by atoms with Gasteiger partial charge >= 0.3 is 6.03 Å². The van der Waals surface area contributed by atoms with Gasteiger partial charge in [-0.15, -0.1) is 0 Å². The number of urea groups is 1. The van der Waals surface area contributed by atoms with E-state index in [2.05, 4.69) is 58.8 Å². The number of piperazine rings is 1. The molecule has 2 amide bonds. The van der Waals surface area contributed by atoms with Gasteiger partial charge in [0, 0.05) is 32.2 Å². The smallest absolute Gasteiger partial charge is 0.315 e. The van der Waals surface area contributed by atoms with E-state index in [-0.39, 0.29) is 12.1 Å². The zero-order valence-electron chi connectivity index (χ0n) is 14.9. The third kappa shape index (κ3) is 4.28. The second kappa shape index (κ2) is 7.99. The van der Waals surface area contributed by atoms with Crippen molar-refractivity contribution < 1.29 is 4.79 Å². The highest BCUT2D eigenvalue weighted by Crippen LogP contribution is 2.28. The molecule has 2 aliphatic rings. The second-order valence-electron chi connectivity index (χ2n) is 7.25. The standard InChI is InChI=1S/C19H30N4O/c1-22-11-12-23(2)16(14-22)13-20-19(24)21-18-10-6-4-8-15-7-3-5-9-17(15)18/h3,5,7,9,16,18H,4,6,8,10-14H2,1-2H3,(H2,20,21,24). The Morgan fingerprint density at radius 1 is 1.21 bits per heavy atom. The Bertz CT molecular complexity index is 562. The summed E-state index contributed by atoms with van der Waals surface area (Å²) in [5, 5.41) is 6.28. The number of amides is 2. The topological polar surface area (TPSA) is 47.6 Å². The van der Waals surface area contributed by atoms with Gasteiger partial charge in [0.15, 0.2) is 0 Å². The molecule has 1 heterocycles. The molecule has 5 heteroatoms. The molecule has 1 aliphatic heterocycles. The predicted molar refractivity (Wildman–Crippen MR) is 97.2 cm³/mol. The van der Waals surface area contributed by atoms with Crippen LogP contribution in [0.2, 0.25) is 0 Å². The molecule has 0 bridgehead atoms. The van der Waals surface area contributed by atoms with Gasteiger partial charge < -0.3 is 15.5 Å². The molecule has 2 N–H and O–H groups in total. The van der Waals surface area contributed by atoms with Crippen LogP contribution < -0.4 is 10.6 Å². The van der Waals surface area contributed by atoms with Gasteiger partial charge in [0.25, 0.3) is 0 Å². The van der Waals surface area contributed by atoms with Gasteiger partial charge in [-0.1, -0.05) is 30.7 Å². The average molecular weight is 330 g/mol. The zero-order valence-corrected chi connectivity index (χ0v) is 14.9. The van der Waals surface area contributed by atoms with Crippen molar-refractivity contribution in [1.82, 2.24) is 20.4 Å². The van der Waals surface area contributed by atoms with E-state index in [0.29, 0.717) is 12.6 Å². The molecule has 0 spiro atoms. The number of carbonyl (C=O) groups is 1. The van der Waals surface area contributed by atoms with Crippen molar-refractivity contribution in [3.05, 3.63) is 35.4 Å². The van der Waals surface area contributed by atoms with Gasteiger partial charge in [0.2, 0.25) is 0 Å². The van der Waals surface area contributed by atoms with Crippen molar-refractivity contribution in [1.29, 1.82) is 0 Å². The number of fused-ring (bicyclic) bond motifs is 1. The number of nitrogens with zero attached hydrogens (tertiary/aromatic N) is 2. The Kier molecular flexibility index (Phi) is 5.74. The molecule has 0 aromatic heterocycles. The zero-order chi connectivity index (χ0) is 16.9. The monoisotopic (exact) mass is 330 g/mol. The summed E-state index contributed by atoms with van der Waals surface area (Å²) in [6.07, 6.45) is 4.51. The number of hydrogen-bond donors (Lipinski definition) is 2. The SMILES string of the molecule is CN1CCN(C)C(CNC(=O)NC2CCCCc3ccccc32)C1. The first-order valence-electron chi connectivity index (χ1n) is 9.14. The highest BCUT2D eigenvalue weighted by molar-refractivity contribution is 5.74. The quantitative estimate of drug-likeness (QED) is 0.834. The third-order valence-electron chi connectivity index (χ3n) is 5.40. The van der Waals surface area contributed by atoms with Crippen molar-refractivity contribution in [2.75, 3.05) is 40.3 Å². The van der Waals surface area contributed by atoms with Crippen LogP contribution in [0, 0.1) is 0 Å². The van der Waals surface area contributed by atoms with Crippen LogP contribution in [-0.2, 0) is 6.42 Å². The lowest BCUT2D eigenvalue weighted by Gasteiger charge is -2.37. The van der Waals surface area contributed by atoms with Gasteiger partial charge in [-0.05, 0) is 44.5 Å². The molecule has 2 atom stereocenters. The predicted octanol–water partition coefficient (Wildman–Crippen LogP) is 2.00. The number of likely N-dealkylation sites (N-methyl/N-ethyl adjacent to an activating group) is 2. The van der Waals surface area contributed by atoms with E-state index in [0.717, 1.165) is 38.9 Å². The van der Waals surface area contributed by atoms with Crippen molar-refractivity contribution >= 4 is 6.03 Å². The van der Waals surface area contributed by atoms with Crippen molar-refractivity contribution in [3.63, 3.8) is 0 Å². The molecule has 132 valence electrons. The minimum absolute atomic E-state index is 0.0432. The molecule has 1 fully saturated rings. The van der Waals surface area contributed by atoms with E-state index >= 15 is 0 Å². The molecule has 1 aromatic rings. The lowest BCUT2D eigenvalue weighted by Crippen LogP contribution is -2.55. The minimum atomic E-state index is -0.0432. The summed E-state index contributed by atoms with van der Waals surface area (Å²) in [5.41, 5.74) is 2.67. The average Bonchev–Trinajstić information content (AvgIpc) is 2.78. The van der Waals surface area contributed by atoms with Gasteiger partial charge in [0.1, 0.15) is 0 Å². The Hall–Kier alpha value is -1.59. The lowest BCUT2D eigenvalue weighted by atomic mass is 9.99. The van der Waals surface area contributed by atoms with Crippen molar-refractivity contribution in [3.8, 4) is 0 Å². The summed E-state index contributed by atoms with van der Waals surface area (Å²) in [6, 6.07) is 9.00. The fourth-order valence-corrected chi connectivity index (χ4v) is 3.81.